The van der Waals surface area contributed by atoms with E-state index >= 15 is 0 Å². The molecule has 0 aromatic heterocycles. The van der Waals surface area contributed by atoms with Gasteiger partial charge in [-0.2, -0.15) is 0 Å². The summed E-state index contributed by atoms with van der Waals surface area (Å²) in [5.41, 5.74) is 1.19. The Labute approximate surface area is 110 Å². The molecule has 1 fully saturated rings. The number of amides is 1. The van der Waals surface area contributed by atoms with Gasteiger partial charge in [0.1, 0.15) is 0 Å². The summed E-state index contributed by atoms with van der Waals surface area (Å²) >= 11 is 3.54. The molecule has 3 nitrogen and oxygen atoms in total. The van der Waals surface area contributed by atoms with Crippen LogP contribution in [0, 0.1) is 0 Å². The second kappa shape index (κ2) is 5.19. The Balaban J connectivity index is 2.05. The van der Waals surface area contributed by atoms with Gasteiger partial charge in [-0.15, -0.1) is 0 Å². The fourth-order valence-corrected chi connectivity index (χ4v) is 2.82. The summed E-state index contributed by atoms with van der Waals surface area (Å²) in [4.78, 5) is 13.6. The molecule has 4 heteroatoms. The molecule has 0 radical (unpaired) electrons. The smallest absolute Gasteiger partial charge is 0.239 e. The van der Waals surface area contributed by atoms with Gasteiger partial charge in [0.15, 0.2) is 0 Å². The molecule has 1 amide bonds. The van der Waals surface area contributed by atoms with Crippen molar-refractivity contribution in [3.8, 4) is 0 Å². The van der Waals surface area contributed by atoms with E-state index < -0.39 is 0 Å². The molecule has 1 saturated heterocycles. The van der Waals surface area contributed by atoms with Gasteiger partial charge in [-0.05, 0) is 25.0 Å². The standard InChI is InChI=1S/C13H17BrN2O/c1-9(10-5-3-4-6-11(10)14)15-12-7-8-16(2)13(12)17/h3-6,9,12,15H,7-8H2,1-2H3/t9-,12?/m1/s1. The zero-order valence-electron chi connectivity index (χ0n) is 10.1. The number of hydrogen-bond acceptors (Lipinski definition) is 2. The third-order valence-corrected chi connectivity index (χ3v) is 3.97. The Morgan fingerprint density at radius 3 is 2.76 bits per heavy atom. The first-order chi connectivity index (χ1) is 8.09. The first-order valence-electron chi connectivity index (χ1n) is 5.85. The molecule has 2 atom stereocenters. The maximum absolute atomic E-state index is 11.8. The number of nitrogens with zero attached hydrogens (tertiary/aromatic N) is 1. The number of likely N-dealkylation sites (tertiary alicyclic amines) is 1. The summed E-state index contributed by atoms with van der Waals surface area (Å²) in [6, 6.07) is 8.24. The summed E-state index contributed by atoms with van der Waals surface area (Å²) in [7, 11) is 1.85. The van der Waals surface area contributed by atoms with E-state index in [1.807, 2.05) is 25.2 Å². The topological polar surface area (TPSA) is 32.3 Å². The Bertz CT molecular complexity index is 422. The van der Waals surface area contributed by atoms with Gasteiger partial charge in [-0.1, -0.05) is 34.1 Å². The highest BCUT2D eigenvalue weighted by atomic mass is 79.9. The molecule has 1 heterocycles. The number of likely N-dealkylation sites (N-methyl/N-ethyl adjacent to an activating group) is 1. The largest absolute Gasteiger partial charge is 0.344 e. The van der Waals surface area contributed by atoms with E-state index in [0.29, 0.717) is 0 Å². The predicted molar refractivity (Wildman–Crippen MR) is 71.7 cm³/mol. The first-order valence-corrected chi connectivity index (χ1v) is 6.64. The van der Waals surface area contributed by atoms with Crippen LogP contribution in [0.25, 0.3) is 0 Å². The lowest BCUT2D eigenvalue weighted by Crippen LogP contribution is -2.38. The van der Waals surface area contributed by atoms with Gasteiger partial charge in [0.05, 0.1) is 6.04 Å². The third-order valence-electron chi connectivity index (χ3n) is 3.25. The normalized spacial score (nSPS) is 21.9. The molecular formula is C13H17BrN2O. The van der Waals surface area contributed by atoms with Gasteiger partial charge >= 0.3 is 0 Å². The first kappa shape index (κ1) is 12.6. The number of carbonyl (C=O) groups excluding carboxylic acids is 1. The average molecular weight is 297 g/mol. The van der Waals surface area contributed by atoms with Crippen LogP contribution in [-0.2, 0) is 4.79 Å². The number of nitrogens with one attached hydrogen (secondary N) is 1. The van der Waals surface area contributed by atoms with Crippen molar-refractivity contribution < 1.29 is 4.79 Å². The molecule has 0 saturated carbocycles. The number of benzene rings is 1. The average Bonchev–Trinajstić information content (AvgIpc) is 2.61. The Morgan fingerprint density at radius 1 is 1.47 bits per heavy atom. The molecular weight excluding hydrogens is 280 g/mol. The van der Waals surface area contributed by atoms with E-state index in [0.717, 1.165) is 17.4 Å². The monoisotopic (exact) mass is 296 g/mol. The maximum atomic E-state index is 11.8. The minimum atomic E-state index is -0.0397. The summed E-state index contributed by atoms with van der Waals surface area (Å²) in [5.74, 6) is 0.198. The summed E-state index contributed by atoms with van der Waals surface area (Å²) in [5, 5.41) is 3.39. The maximum Gasteiger partial charge on any atom is 0.239 e. The Morgan fingerprint density at radius 2 is 2.18 bits per heavy atom. The van der Waals surface area contributed by atoms with Crippen molar-refractivity contribution in [1.29, 1.82) is 0 Å². The van der Waals surface area contributed by atoms with Crippen molar-refractivity contribution >= 4 is 21.8 Å². The van der Waals surface area contributed by atoms with Gasteiger partial charge in [0, 0.05) is 24.1 Å². The van der Waals surface area contributed by atoms with E-state index in [4.69, 9.17) is 0 Å². The number of carbonyl (C=O) groups is 1. The van der Waals surface area contributed by atoms with Gasteiger partial charge < -0.3 is 4.90 Å². The highest BCUT2D eigenvalue weighted by molar-refractivity contribution is 9.10. The van der Waals surface area contributed by atoms with E-state index in [9.17, 15) is 4.79 Å². The van der Waals surface area contributed by atoms with E-state index in [2.05, 4.69) is 34.2 Å². The minimum Gasteiger partial charge on any atom is -0.344 e. The molecule has 0 aliphatic carbocycles. The highest BCUT2D eigenvalue weighted by Gasteiger charge is 2.30. The van der Waals surface area contributed by atoms with Gasteiger partial charge in [-0.25, -0.2) is 0 Å². The number of hydrogen-bond donors (Lipinski definition) is 1. The molecule has 1 N–H and O–H groups in total. The van der Waals surface area contributed by atoms with Crippen molar-refractivity contribution in [3.05, 3.63) is 34.3 Å². The summed E-state index contributed by atoms with van der Waals surface area (Å²) < 4.78 is 1.08. The van der Waals surface area contributed by atoms with Crippen LogP contribution in [-0.4, -0.2) is 30.4 Å². The lowest BCUT2D eigenvalue weighted by atomic mass is 10.1. The fraction of sp³-hybridized carbons (Fsp3) is 0.462. The quantitative estimate of drug-likeness (QED) is 0.928. The summed E-state index contributed by atoms with van der Waals surface area (Å²) in [6.45, 7) is 2.94. The number of halogens is 1. The molecule has 1 aromatic carbocycles. The Hall–Kier alpha value is -0.870. The number of rotatable bonds is 3. The molecule has 92 valence electrons. The lowest BCUT2D eigenvalue weighted by Gasteiger charge is -2.19. The highest BCUT2D eigenvalue weighted by Crippen LogP contribution is 2.24. The van der Waals surface area contributed by atoms with E-state index in [1.165, 1.54) is 5.56 Å². The third kappa shape index (κ3) is 2.69. The molecule has 2 rings (SSSR count). The molecule has 1 aliphatic rings. The molecule has 1 aliphatic heterocycles. The SMILES string of the molecule is C[C@@H](NC1CCN(C)C1=O)c1ccccc1Br. The van der Waals surface area contributed by atoms with Crippen LogP contribution in [0.5, 0.6) is 0 Å². The van der Waals surface area contributed by atoms with Crippen molar-refractivity contribution in [2.45, 2.75) is 25.4 Å². The second-order valence-electron chi connectivity index (χ2n) is 4.51. The molecule has 1 aromatic rings. The van der Waals surface area contributed by atoms with Crippen LogP contribution in [0.4, 0.5) is 0 Å². The molecule has 17 heavy (non-hydrogen) atoms. The van der Waals surface area contributed by atoms with Crippen molar-refractivity contribution in [3.63, 3.8) is 0 Å². The zero-order valence-corrected chi connectivity index (χ0v) is 11.7. The van der Waals surface area contributed by atoms with E-state index in [-0.39, 0.29) is 18.0 Å². The van der Waals surface area contributed by atoms with E-state index in [1.54, 1.807) is 4.90 Å². The van der Waals surface area contributed by atoms with Crippen molar-refractivity contribution in [2.75, 3.05) is 13.6 Å². The van der Waals surface area contributed by atoms with Crippen LogP contribution in [0.3, 0.4) is 0 Å². The van der Waals surface area contributed by atoms with Gasteiger partial charge in [-0.3, -0.25) is 10.1 Å². The van der Waals surface area contributed by atoms with Crippen LogP contribution in [0.2, 0.25) is 0 Å². The predicted octanol–water partition coefficient (Wildman–Crippen LogP) is 2.33. The molecule has 1 unspecified atom stereocenters. The van der Waals surface area contributed by atoms with Crippen LogP contribution < -0.4 is 5.32 Å². The molecule has 0 spiro atoms. The lowest BCUT2D eigenvalue weighted by molar-refractivity contribution is -0.128. The fourth-order valence-electron chi connectivity index (χ4n) is 2.19. The molecule has 0 bridgehead atoms. The van der Waals surface area contributed by atoms with Gasteiger partial charge in [0.25, 0.3) is 0 Å². The zero-order chi connectivity index (χ0) is 12.4. The van der Waals surface area contributed by atoms with Crippen LogP contribution in [0.1, 0.15) is 24.9 Å². The van der Waals surface area contributed by atoms with Crippen molar-refractivity contribution in [2.24, 2.45) is 0 Å². The van der Waals surface area contributed by atoms with Crippen molar-refractivity contribution in [1.82, 2.24) is 10.2 Å². The van der Waals surface area contributed by atoms with Gasteiger partial charge in [0.2, 0.25) is 5.91 Å². The second-order valence-corrected chi connectivity index (χ2v) is 5.37. The Kier molecular flexibility index (Phi) is 3.84. The van der Waals surface area contributed by atoms with Crippen LogP contribution in [0.15, 0.2) is 28.7 Å². The minimum absolute atomic E-state index is 0.0397. The summed E-state index contributed by atoms with van der Waals surface area (Å²) in [6.07, 6.45) is 0.893. The van der Waals surface area contributed by atoms with Crippen LogP contribution >= 0.6 is 15.9 Å².